The first kappa shape index (κ1) is 22.1. The SMILES string of the molecule is CCCn1c(CSc2nnc(-c3ccco3)o2)nc2cc(S(=O)(=O)N3CCOCC3)ccc21. The van der Waals surface area contributed by atoms with Gasteiger partial charge in [-0.05, 0) is 36.8 Å². The molecule has 3 aromatic heterocycles. The standard InChI is InChI=1S/C21H23N5O5S2/c1-2-7-26-17-6-5-15(33(27,28)25-8-11-29-12-9-25)13-16(17)22-19(26)14-32-21-24-23-20(31-21)18-4-3-10-30-18/h3-6,10,13H,2,7-9,11-12,14H2,1H3. The smallest absolute Gasteiger partial charge is 0.284 e. The molecule has 0 radical (unpaired) electrons. The quantitative estimate of drug-likeness (QED) is 0.343. The summed E-state index contributed by atoms with van der Waals surface area (Å²) in [5.41, 5.74) is 1.55. The number of benzene rings is 1. The average Bonchev–Trinajstić information content (AvgIpc) is 3.58. The van der Waals surface area contributed by atoms with Crippen LogP contribution in [0.5, 0.6) is 0 Å². The Morgan fingerprint density at radius 2 is 2.00 bits per heavy atom. The highest BCUT2D eigenvalue weighted by Gasteiger charge is 2.27. The lowest BCUT2D eigenvalue weighted by molar-refractivity contribution is 0.0730. The Hall–Kier alpha value is -2.67. The zero-order valence-electron chi connectivity index (χ0n) is 18.0. The molecule has 0 amide bonds. The van der Waals surface area contributed by atoms with Crippen LogP contribution in [0, 0.1) is 0 Å². The molecule has 0 atom stereocenters. The molecule has 174 valence electrons. The highest BCUT2D eigenvalue weighted by molar-refractivity contribution is 7.98. The highest BCUT2D eigenvalue weighted by atomic mass is 32.2. The van der Waals surface area contributed by atoms with E-state index in [0.29, 0.717) is 54.4 Å². The third-order valence-electron chi connectivity index (χ3n) is 5.32. The maximum Gasteiger partial charge on any atom is 0.284 e. The number of hydrogen-bond donors (Lipinski definition) is 0. The summed E-state index contributed by atoms with van der Waals surface area (Å²) < 4.78 is 45.9. The van der Waals surface area contributed by atoms with Gasteiger partial charge in [-0.25, -0.2) is 13.4 Å². The van der Waals surface area contributed by atoms with Crippen molar-refractivity contribution in [3.63, 3.8) is 0 Å². The van der Waals surface area contributed by atoms with Gasteiger partial charge in [-0.15, -0.1) is 10.2 Å². The van der Waals surface area contributed by atoms with Crippen molar-refractivity contribution in [2.24, 2.45) is 0 Å². The van der Waals surface area contributed by atoms with Gasteiger partial charge in [0.25, 0.3) is 11.1 Å². The second-order valence-electron chi connectivity index (χ2n) is 7.49. The molecule has 0 saturated carbocycles. The number of imidazole rings is 1. The maximum absolute atomic E-state index is 13.1. The van der Waals surface area contributed by atoms with E-state index in [0.717, 1.165) is 24.3 Å². The van der Waals surface area contributed by atoms with Crippen LogP contribution >= 0.6 is 11.8 Å². The van der Waals surface area contributed by atoms with Gasteiger partial charge < -0.3 is 18.1 Å². The lowest BCUT2D eigenvalue weighted by atomic mass is 10.3. The highest BCUT2D eigenvalue weighted by Crippen LogP contribution is 2.29. The van der Waals surface area contributed by atoms with Crippen LogP contribution in [0.15, 0.2) is 55.5 Å². The molecule has 0 N–H and O–H groups in total. The topological polar surface area (TPSA) is 116 Å². The monoisotopic (exact) mass is 489 g/mol. The van der Waals surface area contributed by atoms with Crippen molar-refractivity contribution in [2.45, 2.75) is 35.8 Å². The molecule has 12 heteroatoms. The molecular weight excluding hydrogens is 466 g/mol. The van der Waals surface area contributed by atoms with Crippen LogP contribution in [-0.4, -0.2) is 58.8 Å². The summed E-state index contributed by atoms with van der Waals surface area (Å²) in [7, 11) is -3.59. The minimum atomic E-state index is -3.59. The number of ether oxygens (including phenoxy) is 1. The number of thioether (sulfide) groups is 1. The summed E-state index contributed by atoms with van der Waals surface area (Å²) >= 11 is 1.37. The summed E-state index contributed by atoms with van der Waals surface area (Å²) in [6.45, 7) is 4.39. The Labute approximate surface area is 195 Å². The fourth-order valence-electron chi connectivity index (χ4n) is 3.73. The molecule has 0 unspecified atom stereocenters. The first-order valence-corrected chi connectivity index (χ1v) is 13.1. The van der Waals surface area contributed by atoms with E-state index < -0.39 is 10.0 Å². The number of nitrogens with zero attached hydrogens (tertiary/aromatic N) is 5. The van der Waals surface area contributed by atoms with Gasteiger partial charge in [0.1, 0.15) is 5.82 Å². The molecule has 33 heavy (non-hydrogen) atoms. The van der Waals surface area contributed by atoms with Crippen molar-refractivity contribution < 1.29 is 22.0 Å². The van der Waals surface area contributed by atoms with Crippen LogP contribution in [0.4, 0.5) is 0 Å². The fourth-order valence-corrected chi connectivity index (χ4v) is 5.87. The molecule has 0 aliphatic carbocycles. The van der Waals surface area contributed by atoms with E-state index in [1.807, 2.05) is 6.07 Å². The van der Waals surface area contributed by atoms with E-state index in [1.54, 1.807) is 30.5 Å². The average molecular weight is 490 g/mol. The van der Waals surface area contributed by atoms with Crippen molar-refractivity contribution in [1.29, 1.82) is 0 Å². The maximum atomic E-state index is 13.1. The van der Waals surface area contributed by atoms with Crippen LogP contribution in [0.3, 0.4) is 0 Å². The van der Waals surface area contributed by atoms with Gasteiger partial charge in [0.2, 0.25) is 10.0 Å². The van der Waals surface area contributed by atoms with Crippen molar-refractivity contribution in [2.75, 3.05) is 26.3 Å². The minimum Gasteiger partial charge on any atom is -0.459 e. The summed E-state index contributed by atoms with van der Waals surface area (Å²) in [5.74, 6) is 2.15. The van der Waals surface area contributed by atoms with Gasteiger partial charge in [-0.2, -0.15) is 4.31 Å². The van der Waals surface area contributed by atoms with Gasteiger partial charge in [0, 0.05) is 19.6 Å². The summed E-state index contributed by atoms with van der Waals surface area (Å²) in [6.07, 6.45) is 2.47. The number of fused-ring (bicyclic) bond motifs is 1. The Morgan fingerprint density at radius 1 is 1.15 bits per heavy atom. The van der Waals surface area contributed by atoms with E-state index in [2.05, 4.69) is 21.7 Å². The van der Waals surface area contributed by atoms with Crippen molar-refractivity contribution in [3.8, 4) is 11.7 Å². The second-order valence-corrected chi connectivity index (χ2v) is 10.4. The van der Waals surface area contributed by atoms with Gasteiger partial charge in [0.05, 0.1) is 41.2 Å². The normalized spacial score (nSPS) is 15.4. The van der Waals surface area contributed by atoms with Crippen molar-refractivity contribution in [1.82, 2.24) is 24.1 Å². The Balaban J connectivity index is 1.40. The largest absolute Gasteiger partial charge is 0.459 e. The molecule has 0 bridgehead atoms. The van der Waals surface area contributed by atoms with E-state index in [9.17, 15) is 8.42 Å². The van der Waals surface area contributed by atoms with Crippen molar-refractivity contribution >= 4 is 32.8 Å². The fraction of sp³-hybridized carbons (Fsp3) is 0.381. The van der Waals surface area contributed by atoms with Gasteiger partial charge in [0.15, 0.2) is 5.76 Å². The minimum absolute atomic E-state index is 0.247. The molecule has 0 spiro atoms. The molecule has 4 aromatic rings. The molecule has 10 nitrogen and oxygen atoms in total. The molecule has 1 fully saturated rings. The predicted molar refractivity (Wildman–Crippen MR) is 121 cm³/mol. The number of furan rings is 1. The third kappa shape index (κ3) is 4.43. The predicted octanol–water partition coefficient (Wildman–Crippen LogP) is 3.40. The van der Waals surface area contributed by atoms with Gasteiger partial charge in [-0.1, -0.05) is 18.7 Å². The molecule has 1 aromatic carbocycles. The molecular formula is C21H23N5O5S2. The van der Waals surface area contributed by atoms with Crippen LogP contribution in [0.2, 0.25) is 0 Å². The Morgan fingerprint density at radius 3 is 2.76 bits per heavy atom. The number of hydrogen-bond acceptors (Lipinski definition) is 9. The van der Waals surface area contributed by atoms with E-state index >= 15 is 0 Å². The molecule has 5 rings (SSSR count). The number of sulfonamides is 1. The van der Waals surface area contributed by atoms with Crippen molar-refractivity contribution in [3.05, 3.63) is 42.4 Å². The lowest BCUT2D eigenvalue weighted by Crippen LogP contribution is -2.40. The third-order valence-corrected chi connectivity index (χ3v) is 8.03. The van der Waals surface area contributed by atoms with E-state index in [4.69, 9.17) is 18.6 Å². The summed E-state index contributed by atoms with van der Waals surface area (Å²) in [6, 6.07) is 8.66. The zero-order chi connectivity index (χ0) is 22.8. The summed E-state index contributed by atoms with van der Waals surface area (Å²) in [5, 5.41) is 8.50. The zero-order valence-corrected chi connectivity index (χ0v) is 19.6. The van der Waals surface area contributed by atoms with Crippen LogP contribution < -0.4 is 0 Å². The number of aromatic nitrogens is 4. The molecule has 4 heterocycles. The Kier molecular flexibility index (Phi) is 6.23. The Bertz CT molecular complexity index is 1340. The van der Waals surface area contributed by atoms with Crippen LogP contribution in [0.1, 0.15) is 19.2 Å². The number of rotatable bonds is 8. The second kappa shape index (κ2) is 9.29. The first-order chi connectivity index (χ1) is 16.1. The first-order valence-electron chi connectivity index (χ1n) is 10.6. The van der Waals surface area contributed by atoms with E-state index in [1.165, 1.54) is 16.1 Å². The van der Waals surface area contributed by atoms with Gasteiger partial charge >= 0.3 is 0 Å². The van der Waals surface area contributed by atoms with Gasteiger partial charge in [-0.3, -0.25) is 0 Å². The number of morpholine rings is 1. The molecule has 1 saturated heterocycles. The van der Waals surface area contributed by atoms with Crippen LogP contribution in [0.25, 0.3) is 22.7 Å². The lowest BCUT2D eigenvalue weighted by Gasteiger charge is -2.26. The molecule has 1 aliphatic rings. The van der Waals surface area contributed by atoms with Crippen LogP contribution in [-0.2, 0) is 27.1 Å². The van der Waals surface area contributed by atoms with E-state index in [-0.39, 0.29) is 4.90 Å². The number of aryl methyl sites for hydroxylation is 1. The summed E-state index contributed by atoms with van der Waals surface area (Å²) in [4.78, 5) is 5.00. The molecule has 1 aliphatic heterocycles.